The lowest BCUT2D eigenvalue weighted by atomic mass is 9.66. The summed E-state index contributed by atoms with van der Waals surface area (Å²) in [5.74, 6) is -2.16. The predicted octanol–water partition coefficient (Wildman–Crippen LogP) is 5.29. The first-order valence-electron chi connectivity index (χ1n) is 22.9. The van der Waals surface area contributed by atoms with Crippen LogP contribution in [0.4, 0.5) is 0 Å². The molecule has 0 radical (unpaired) electrons. The molecule has 0 aromatic rings. The third kappa shape index (κ3) is 9.77. The number of fused-ring (bicyclic) bond motifs is 2. The highest BCUT2D eigenvalue weighted by Crippen LogP contribution is 2.49. The summed E-state index contributed by atoms with van der Waals surface area (Å²) in [5.41, 5.74) is -0.236. The molecule has 20 atom stereocenters. The van der Waals surface area contributed by atoms with E-state index >= 15 is 0 Å². The van der Waals surface area contributed by atoms with Crippen LogP contribution >= 0.6 is 0 Å². The van der Waals surface area contributed by atoms with Crippen LogP contribution in [0.15, 0.2) is 35.5 Å². The van der Waals surface area contributed by atoms with Crippen molar-refractivity contribution in [2.75, 3.05) is 20.8 Å². The van der Waals surface area contributed by atoms with Crippen LogP contribution < -0.4 is 0 Å². The van der Waals surface area contributed by atoms with Crippen LogP contribution in [0.25, 0.3) is 0 Å². The van der Waals surface area contributed by atoms with Crippen LogP contribution in [0.2, 0.25) is 0 Å². The molecule has 6 fully saturated rings. The average molecular weight is 863 g/mol. The minimum atomic E-state index is -1.74. The Morgan fingerprint density at radius 3 is 2.28 bits per heavy atom. The fourth-order valence-corrected chi connectivity index (χ4v) is 11.2. The van der Waals surface area contributed by atoms with Crippen LogP contribution in [0.3, 0.4) is 0 Å². The molecular weight excluding hydrogens is 789 g/mol. The van der Waals surface area contributed by atoms with Gasteiger partial charge < -0.3 is 62.7 Å². The number of ether oxygens (including phenoxy) is 10. The smallest absolute Gasteiger partial charge is 0.312 e. The van der Waals surface area contributed by atoms with Gasteiger partial charge in [-0.25, -0.2) is 0 Å². The number of carbonyl (C=O) groups is 1. The van der Waals surface area contributed by atoms with E-state index < -0.39 is 90.8 Å². The van der Waals surface area contributed by atoms with Gasteiger partial charge in [0.15, 0.2) is 18.4 Å². The summed E-state index contributed by atoms with van der Waals surface area (Å²) < 4.78 is 63.8. The average Bonchev–Trinajstić information content (AvgIpc) is 3.56. The van der Waals surface area contributed by atoms with Gasteiger partial charge in [0.05, 0.1) is 61.4 Å². The highest BCUT2D eigenvalue weighted by Gasteiger charge is 2.62. The molecule has 14 heteroatoms. The number of aliphatic hydroxyl groups is 3. The Morgan fingerprint density at radius 1 is 0.852 bits per heavy atom. The normalized spacial score (nSPS) is 50.9. The molecule has 6 heterocycles. The summed E-state index contributed by atoms with van der Waals surface area (Å²) in [5, 5.41) is 34.3. The molecule has 2 bridgehead atoms. The molecule has 6 aliphatic heterocycles. The Hall–Kier alpha value is -1.79. The molecule has 0 amide bonds. The van der Waals surface area contributed by atoms with Gasteiger partial charge >= 0.3 is 5.97 Å². The van der Waals surface area contributed by atoms with Gasteiger partial charge in [-0.2, -0.15) is 0 Å². The maximum Gasteiger partial charge on any atom is 0.312 e. The van der Waals surface area contributed by atoms with Crippen LogP contribution in [0, 0.1) is 29.6 Å². The van der Waals surface area contributed by atoms with Gasteiger partial charge in [-0.1, -0.05) is 58.9 Å². The van der Waals surface area contributed by atoms with Crippen LogP contribution in [0.5, 0.6) is 0 Å². The minimum absolute atomic E-state index is 0.0115. The highest BCUT2D eigenvalue weighted by molar-refractivity contribution is 5.76. The molecule has 346 valence electrons. The molecule has 61 heavy (non-hydrogen) atoms. The molecule has 1 aliphatic carbocycles. The fraction of sp³-hybridized carbons (Fsp3) is 0.851. The van der Waals surface area contributed by atoms with Gasteiger partial charge in [-0.05, 0) is 68.9 Å². The van der Waals surface area contributed by atoms with Crippen molar-refractivity contribution in [2.24, 2.45) is 29.6 Å². The van der Waals surface area contributed by atoms with Crippen LogP contribution in [0.1, 0.15) is 107 Å². The van der Waals surface area contributed by atoms with Crippen molar-refractivity contribution in [3.63, 3.8) is 0 Å². The number of hydrogen-bond donors (Lipinski definition) is 3. The quantitative estimate of drug-likeness (QED) is 0.223. The minimum Gasteiger partial charge on any atom is -0.462 e. The number of aliphatic hydroxyl groups excluding tert-OH is 2. The Balaban J connectivity index is 1.17. The van der Waals surface area contributed by atoms with Crippen molar-refractivity contribution < 1.29 is 67.5 Å². The topological polar surface area (TPSA) is 170 Å². The molecule has 7 aliphatic rings. The van der Waals surface area contributed by atoms with Gasteiger partial charge in [0.25, 0.3) is 0 Å². The summed E-state index contributed by atoms with van der Waals surface area (Å²) in [6.45, 7) is 16.4. The number of methoxy groups -OCH3 is 2. The zero-order valence-electron chi connectivity index (χ0n) is 38.0. The lowest BCUT2D eigenvalue weighted by Gasteiger charge is -2.51. The molecule has 1 saturated carbocycles. The third-order valence-corrected chi connectivity index (χ3v) is 14.8. The standard InChI is InChI=1S/C47H74O14/c1-24(2)41-27(5)16-17-46(61-41)22-33-19-32(60-46)15-14-26(4)42(25(3)12-11-13-31-23-54-44-39(48)28(6)18-34(45(50)57-33)47(31,44)51)58-38-21-36(53-10)43(30(8)56-38)59-37-20-35(52-9)40(49)29(7)55-37/h11-14,24-25,27-30,32-44,48-49,51H,15-23H2,1-10H3/b12-11+,26-14+,31-13+/t25-,27-,28?,29-,30-,32+,33-,34-,35-,36-,37-,38-,39+,40-,41+,42-,43-,44+,46+,47+/m0/s1. The van der Waals surface area contributed by atoms with Crippen molar-refractivity contribution >= 4 is 5.97 Å². The molecule has 0 aromatic heterocycles. The molecule has 1 spiro atoms. The summed E-state index contributed by atoms with van der Waals surface area (Å²) >= 11 is 0. The lowest BCUT2D eigenvalue weighted by molar-refractivity contribution is -0.340. The second kappa shape index (κ2) is 19.4. The summed E-state index contributed by atoms with van der Waals surface area (Å²) in [4.78, 5) is 14.4. The van der Waals surface area contributed by atoms with Crippen LogP contribution in [-0.2, 0) is 52.2 Å². The second-order valence-corrected chi connectivity index (χ2v) is 19.6. The van der Waals surface area contributed by atoms with Gasteiger partial charge in [0.2, 0.25) is 0 Å². The maximum atomic E-state index is 14.4. The number of carbonyl (C=O) groups excluding carboxylic acids is 1. The molecule has 14 nitrogen and oxygen atoms in total. The van der Waals surface area contributed by atoms with Gasteiger partial charge in [0, 0.05) is 52.2 Å². The Bertz CT molecular complexity index is 1600. The SMILES string of the molecule is CO[C@H]1C[C@H](O[C@H]2[C@H](C)O[C@@H](O[C@@H]3/C(C)=C/C[C@@H]4C[C@@H](C[C@]5(CC[C@H](C)[C@@H](C(C)C)O5)O4)OC(=O)[C@@H]4CC(C)[C@@H](O)[C@H]5OC/C(=C\C=C\[C@@H]3C)[C@]54O)C[C@@H]2OC)O[C@@H](C)[C@@H]1O. The van der Waals surface area contributed by atoms with E-state index in [9.17, 15) is 20.1 Å². The Labute approximate surface area is 362 Å². The number of allylic oxidation sites excluding steroid dienone is 2. The first-order valence-corrected chi connectivity index (χ1v) is 22.9. The largest absolute Gasteiger partial charge is 0.462 e. The number of rotatable bonds is 7. The van der Waals surface area contributed by atoms with E-state index in [1.807, 2.05) is 32.1 Å². The summed E-state index contributed by atoms with van der Waals surface area (Å²) in [6.07, 6.45) is 4.60. The van der Waals surface area contributed by atoms with E-state index in [2.05, 4.69) is 40.7 Å². The van der Waals surface area contributed by atoms with Gasteiger partial charge in [-0.3, -0.25) is 4.79 Å². The summed E-state index contributed by atoms with van der Waals surface area (Å²) in [7, 11) is 3.23. The molecule has 5 saturated heterocycles. The molecule has 3 N–H and O–H groups in total. The fourth-order valence-electron chi connectivity index (χ4n) is 11.2. The zero-order chi connectivity index (χ0) is 44.0. The molecule has 1 unspecified atom stereocenters. The monoisotopic (exact) mass is 863 g/mol. The Kier molecular flexibility index (Phi) is 15.0. The van der Waals surface area contributed by atoms with E-state index in [1.54, 1.807) is 21.1 Å². The van der Waals surface area contributed by atoms with E-state index in [1.165, 1.54) is 0 Å². The number of hydrogen-bond acceptors (Lipinski definition) is 14. The summed E-state index contributed by atoms with van der Waals surface area (Å²) in [6, 6.07) is 0. The molecular formula is C47H74O14. The van der Waals surface area contributed by atoms with Gasteiger partial charge in [-0.15, -0.1) is 0 Å². The van der Waals surface area contributed by atoms with Crippen molar-refractivity contribution in [3.05, 3.63) is 35.5 Å². The molecule has 7 rings (SSSR count). The second-order valence-electron chi connectivity index (χ2n) is 19.6. The highest BCUT2D eigenvalue weighted by atomic mass is 16.7. The Morgan fingerprint density at radius 2 is 1.56 bits per heavy atom. The van der Waals surface area contributed by atoms with E-state index in [-0.39, 0.29) is 49.1 Å². The van der Waals surface area contributed by atoms with Crippen molar-refractivity contribution in [1.82, 2.24) is 0 Å². The van der Waals surface area contributed by atoms with E-state index in [0.717, 1.165) is 12.0 Å². The van der Waals surface area contributed by atoms with E-state index in [4.69, 9.17) is 47.4 Å². The third-order valence-electron chi connectivity index (χ3n) is 14.8. The maximum absolute atomic E-state index is 14.4. The van der Waals surface area contributed by atoms with Crippen molar-refractivity contribution in [1.29, 1.82) is 0 Å². The van der Waals surface area contributed by atoms with E-state index in [0.29, 0.717) is 50.0 Å². The van der Waals surface area contributed by atoms with Crippen LogP contribution in [-0.4, -0.2) is 139 Å². The first kappa shape index (κ1) is 47.2. The van der Waals surface area contributed by atoms with Crippen molar-refractivity contribution in [3.8, 4) is 0 Å². The van der Waals surface area contributed by atoms with Crippen molar-refractivity contribution in [2.45, 2.75) is 204 Å². The predicted molar refractivity (Wildman–Crippen MR) is 223 cm³/mol. The lowest BCUT2D eigenvalue weighted by Crippen LogP contribution is -2.61. The molecule has 0 aromatic carbocycles. The van der Waals surface area contributed by atoms with Gasteiger partial charge in [0.1, 0.15) is 30.0 Å². The number of esters is 1. The zero-order valence-corrected chi connectivity index (χ0v) is 38.0. The first-order chi connectivity index (χ1) is 29.0.